The minimum atomic E-state index is 0.102. The molecule has 0 aromatic heterocycles. The number of hydrogen-bond donors (Lipinski definition) is 0. The maximum absolute atomic E-state index is 10.8. The van der Waals surface area contributed by atoms with E-state index in [1.54, 1.807) is 0 Å². The van der Waals surface area contributed by atoms with Gasteiger partial charge in [0.15, 0.2) is 0 Å². The Morgan fingerprint density at radius 1 is 1.08 bits per heavy atom. The molecular weight excluding hydrogens is 154 g/mol. The summed E-state index contributed by atoms with van der Waals surface area (Å²) >= 11 is 0. The van der Waals surface area contributed by atoms with Crippen LogP contribution in [0, 0.1) is 0 Å². The standard InChI is InChI=1S/C9H17NO2/c1-7(2)10(5-8(3)11)6-9(4)12/h7H,5-6H2,1-4H3. The minimum absolute atomic E-state index is 0.102. The second kappa shape index (κ2) is 5.04. The van der Waals surface area contributed by atoms with E-state index in [4.69, 9.17) is 0 Å². The van der Waals surface area contributed by atoms with Gasteiger partial charge in [-0.05, 0) is 27.7 Å². The van der Waals surface area contributed by atoms with Crippen LogP contribution in [0.2, 0.25) is 0 Å². The van der Waals surface area contributed by atoms with Crippen LogP contribution in [0.4, 0.5) is 0 Å². The van der Waals surface area contributed by atoms with Crippen LogP contribution in [0.5, 0.6) is 0 Å². The van der Waals surface area contributed by atoms with Crippen molar-refractivity contribution in [3.8, 4) is 0 Å². The highest BCUT2D eigenvalue weighted by Crippen LogP contribution is 1.97. The highest BCUT2D eigenvalue weighted by Gasteiger charge is 2.12. The predicted molar refractivity (Wildman–Crippen MR) is 48.1 cm³/mol. The summed E-state index contributed by atoms with van der Waals surface area (Å²) < 4.78 is 0. The third-order valence-corrected chi connectivity index (χ3v) is 1.58. The normalized spacial score (nSPS) is 10.8. The topological polar surface area (TPSA) is 37.4 Å². The molecule has 0 unspecified atom stereocenters. The van der Waals surface area contributed by atoms with Crippen LogP contribution < -0.4 is 0 Å². The van der Waals surface area contributed by atoms with Crippen molar-refractivity contribution in [2.75, 3.05) is 13.1 Å². The first-order valence-corrected chi connectivity index (χ1v) is 4.16. The fraction of sp³-hybridized carbons (Fsp3) is 0.778. The third kappa shape index (κ3) is 5.02. The molecule has 0 atom stereocenters. The number of carbonyl (C=O) groups is 2. The lowest BCUT2D eigenvalue weighted by Gasteiger charge is -2.23. The molecular formula is C9H17NO2. The van der Waals surface area contributed by atoms with Crippen molar-refractivity contribution in [3.63, 3.8) is 0 Å². The van der Waals surface area contributed by atoms with Crippen LogP contribution in [0.15, 0.2) is 0 Å². The van der Waals surface area contributed by atoms with E-state index in [9.17, 15) is 9.59 Å². The summed E-state index contributed by atoms with van der Waals surface area (Å²) in [6, 6.07) is 0.248. The molecule has 70 valence electrons. The van der Waals surface area contributed by atoms with Crippen molar-refractivity contribution in [2.24, 2.45) is 0 Å². The van der Waals surface area contributed by atoms with E-state index in [1.807, 2.05) is 18.7 Å². The van der Waals surface area contributed by atoms with Crippen molar-refractivity contribution in [2.45, 2.75) is 33.7 Å². The first kappa shape index (κ1) is 11.3. The van der Waals surface area contributed by atoms with Crippen molar-refractivity contribution in [1.29, 1.82) is 0 Å². The van der Waals surface area contributed by atoms with E-state index in [-0.39, 0.29) is 17.6 Å². The fourth-order valence-corrected chi connectivity index (χ4v) is 0.993. The molecule has 0 amide bonds. The molecule has 0 rings (SSSR count). The Morgan fingerprint density at radius 2 is 1.42 bits per heavy atom. The zero-order chi connectivity index (χ0) is 9.72. The Hall–Kier alpha value is -0.700. The van der Waals surface area contributed by atoms with Gasteiger partial charge < -0.3 is 0 Å². The average Bonchev–Trinajstić information content (AvgIpc) is 1.83. The van der Waals surface area contributed by atoms with Crippen molar-refractivity contribution >= 4 is 11.6 Å². The van der Waals surface area contributed by atoms with Crippen LogP contribution in [0.3, 0.4) is 0 Å². The summed E-state index contributed by atoms with van der Waals surface area (Å²) in [5.41, 5.74) is 0. The van der Waals surface area contributed by atoms with Crippen LogP contribution in [0.1, 0.15) is 27.7 Å². The largest absolute Gasteiger partial charge is 0.299 e. The monoisotopic (exact) mass is 171 g/mol. The highest BCUT2D eigenvalue weighted by atomic mass is 16.1. The number of rotatable bonds is 5. The van der Waals surface area contributed by atoms with Gasteiger partial charge in [0.25, 0.3) is 0 Å². The van der Waals surface area contributed by atoms with Gasteiger partial charge in [0.1, 0.15) is 11.6 Å². The summed E-state index contributed by atoms with van der Waals surface area (Å²) in [6.45, 7) is 7.78. The van der Waals surface area contributed by atoms with E-state index in [0.29, 0.717) is 13.1 Å². The van der Waals surface area contributed by atoms with Gasteiger partial charge >= 0.3 is 0 Å². The van der Waals surface area contributed by atoms with Gasteiger partial charge in [-0.25, -0.2) is 0 Å². The first-order valence-electron chi connectivity index (χ1n) is 4.16. The van der Waals surface area contributed by atoms with E-state index in [0.717, 1.165) is 0 Å². The van der Waals surface area contributed by atoms with Crippen LogP contribution >= 0.6 is 0 Å². The Morgan fingerprint density at radius 3 is 1.58 bits per heavy atom. The molecule has 0 saturated carbocycles. The molecule has 12 heavy (non-hydrogen) atoms. The van der Waals surface area contributed by atoms with Crippen molar-refractivity contribution in [3.05, 3.63) is 0 Å². The molecule has 0 heterocycles. The maximum Gasteiger partial charge on any atom is 0.143 e. The van der Waals surface area contributed by atoms with Gasteiger partial charge in [-0.1, -0.05) is 0 Å². The molecule has 0 aromatic rings. The Bertz CT molecular complexity index is 159. The summed E-state index contributed by atoms with van der Waals surface area (Å²) in [5, 5.41) is 0. The van der Waals surface area contributed by atoms with E-state index in [2.05, 4.69) is 0 Å². The van der Waals surface area contributed by atoms with Crippen LogP contribution in [-0.4, -0.2) is 35.6 Å². The Labute approximate surface area is 73.7 Å². The summed E-state index contributed by atoms with van der Waals surface area (Å²) in [7, 11) is 0. The lowest BCUT2D eigenvalue weighted by atomic mass is 10.2. The van der Waals surface area contributed by atoms with Crippen LogP contribution in [-0.2, 0) is 9.59 Å². The van der Waals surface area contributed by atoms with Crippen molar-refractivity contribution in [1.82, 2.24) is 4.90 Å². The smallest absolute Gasteiger partial charge is 0.143 e. The molecule has 0 aliphatic carbocycles. The average molecular weight is 171 g/mol. The second-order valence-corrected chi connectivity index (χ2v) is 3.40. The second-order valence-electron chi connectivity index (χ2n) is 3.40. The van der Waals surface area contributed by atoms with E-state index >= 15 is 0 Å². The molecule has 0 bridgehead atoms. The fourth-order valence-electron chi connectivity index (χ4n) is 0.993. The molecule has 0 radical (unpaired) electrons. The van der Waals surface area contributed by atoms with Gasteiger partial charge in [0.2, 0.25) is 0 Å². The summed E-state index contributed by atoms with van der Waals surface area (Å²) in [5.74, 6) is 0.204. The zero-order valence-corrected chi connectivity index (χ0v) is 8.26. The Balaban J connectivity index is 4.04. The summed E-state index contributed by atoms with van der Waals surface area (Å²) in [4.78, 5) is 23.4. The quantitative estimate of drug-likeness (QED) is 0.616. The molecule has 0 aromatic carbocycles. The zero-order valence-electron chi connectivity index (χ0n) is 8.26. The number of Topliss-reactive ketones (excluding diaryl/α,β-unsaturated/α-hetero) is 2. The third-order valence-electron chi connectivity index (χ3n) is 1.58. The first-order chi connectivity index (χ1) is 5.43. The molecule has 0 fully saturated rings. The predicted octanol–water partition coefficient (Wildman–Crippen LogP) is 0.875. The SMILES string of the molecule is CC(=O)CN(CC(C)=O)C(C)C. The summed E-state index contributed by atoms with van der Waals surface area (Å²) in [6.07, 6.45) is 0. The molecule has 0 N–H and O–H groups in total. The van der Waals surface area contributed by atoms with Gasteiger partial charge in [-0.3, -0.25) is 14.5 Å². The maximum atomic E-state index is 10.8. The lowest BCUT2D eigenvalue weighted by Crippen LogP contribution is -2.38. The molecule has 0 spiro atoms. The minimum Gasteiger partial charge on any atom is -0.299 e. The highest BCUT2D eigenvalue weighted by molar-refractivity contribution is 5.80. The number of nitrogens with zero attached hydrogens (tertiary/aromatic N) is 1. The number of hydrogen-bond acceptors (Lipinski definition) is 3. The van der Waals surface area contributed by atoms with E-state index < -0.39 is 0 Å². The molecule has 0 aliphatic heterocycles. The Kier molecular flexibility index (Phi) is 4.74. The van der Waals surface area contributed by atoms with E-state index in [1.165, 1.54) is 13.8 Å². The number of carbonyl (C=O) groups excluding carboxylic acids is 2. The van der Waals surface area contributed by atoms with Gasteiger partial charge in [-0.2, -0.15) is 0 Å². The lowest BCUT2D eigenvalue weighted by molar-refractivity contribution is -0.121. The van der Waals surface area contributed by atoms with Crippen LogP contribution in [0.25, 0.3) is 0 Å². The van der Waals surface area contributed by atoms with Gasteiger partial charge in [0, 0.05) is 6.04 Å². The van der Waals surface area contributed by atoms with Crippen molar-refractivity contribution < 1.29 is 9.59 Å². The molecule has 3 nitrogen and oxygen atoms in total. The number of ketones is 2. The molecule has 3 heteroatoms. The molecule has 0 aliphatic rings. The molecule has 0 saturated heterocycles. The van der Waals surface area contributed by atoms with Gasteiger partial charge in [0.05, 0.1) is 13.1 Å². The van der Waals surface area contributed by atoms with Gasteiger partial charge in [-0.15, -0.1) is 0 Å².